The lowest BCUT2D eigenvalue weighted by atomic mass is 10.2. The minimum atomic E-state index is -0.505. The maximum Gasteiger partial charge on any atom is 0.306 e. The Hall–Kier alpha value is -2.00. The third-order valence-electron chi connectivity index (χ3n) is 3.98. The Kier molecular flexibility index (Phi) is 6.05. The van der Waals surface area contributed by atoms with Gasteiger partial charge in [0, 0.05) is 38.1 Å². The summed E-state index contributed by atoms with van der Waals surface area (Å²) in [6, 6.07) is 0.587. The van der Waals surface area contributed by atoms with E-state index >= 15 is 0 Å². The van der Waals surface area contributed by atoms with Crippen LogP contribution in [-0.4, -0.2) is 63.9 Å². The number of hydrogen-bond acceptors (Lipinski definition) is 6. The largest absolute Gasteiger partial charge is 0.379 e. The first-order chi connectivity index (χ1) is 11.0. The maximum atomic E-state index is 11.9. The number of carbonyl (C=O) groups is 1. The molecule has 128 valence electrons. The number of ether oxygens (including phenoxy) is 1. The van der Waals surface area contributed by atoms with Crippen LogP contribution in [0.2, 0.25) is 0 Å². The molecule has 0 radical (unpaired) electrons. The Morgan fingerprint density at radius 2 is 2.43 bits per heavy atom. The molecule has 23 heavy (non-hydrogen) atoms. The summed E-state index contributed by atoms with van der Waals surface area (Å²) in [5, 5.41) is 17.3. The van der Waals surface area contributed by atoms with E-state index in [1.807, 2.05) is 0 Å². The van der Waals surface area contributed by atoms with Gasteiger partial charge in [-0.05, 0) is 13.8 Å². The number of nitrogens with one attached hydrogen (secondary N) is 1. The maximum absolute atomic E-state index is 11.9. The highest BCUT2D eigenvalue weighted by atomic mass is 16.6. The van der Waals surface area contributed by atoms with Crippen molar-refractivity contribution in [1.82, 2.24) is 20.0 Å². The van der Waals surface area contributed by atoms with Crippen molar-refractivity contribution in [3.05, 3.63) is 22.5 Å². The van der Waals surface area contributed by atoms with E-state index in [4.69, 9.17) is 4.74 Å². The van der Waals surface area contributed by atoms with Crippen LogP contribution in [0.15, 0.2) is 12.4 Å². The highest BCUT2D eigenvalue weighted by Gasteiger charge is 2.23. The third-order valence-corrected chi connectivity index (χ3v) is 3.98. The molecule has 2 rings (SSSR count). The lowest BCUT2D eigenvalue weighted by molar-refractivity contribution is -0.385. The van der Waals surface area contributed by atoms with Gasteiger partial charge < -0.3 is 10.1 Å². The number of morpholine rings is 1. The fourth-order valence-corrected chi connectivity index (χ4v) is 2.65. The fraction of sp³-hybridized carbons (Fsp3) is 0.714. The minimum absolute atomic E-state index is 0.0691. The lowest BCUT2D eigenvalue weighted by Crippen LogP contribution is -2.51. The molecule has 0 saturated carbocycles. The van der Waals surface area contributed by atoms with E-state index in [-0.39, 0.29) is 24.1 Å². The minimum Gasteiger partial charge on any atom is -0.379 e. The highest BCUT2D eigenvalue weighted by Crippen LogP contribution is 2.10. The molecule has 9 nitrogen and oxygen atoms in total. The van der Waals surface area contributed by atoms with Crippen LogP contribution in [0.5, 0.6) is 0 Å². The van der Waals surface area contributed by atoms with Gasteiger partial charge in [0.1, 0.15) is 12.4 Å². The number of nitro groups is 1. The molecule has 1 aromatic rings. The first-order valence-corrected chi connectivity index (χ1v) is 7.74. The second kappa shape index (κ2) is 8.02. The summed E-state index contributed by atoms with van der Waals surface area (Å²) in [5.74, 6) is -0.0871. The van der Waals surface area contributed by atoms with E-state index in [9.17, 15) is 14.9 Å². The van der Waals surface area contributed by atoms with Crippen molar-refractivity contribution in [2.75, 3.05) is 26.3 Å². The van der Waals surface area contributed by atoms with Crippen LogP contribution in [0.4, 0.5) is 5.69 Å². The molecule has 0 spiro atoms. The van der Waals surface area contributed by atoms with Crippen molar-refractivity contribution in [2.24, 2.45) is 0 Å². The van der Waals surface area contributed by atoms with Crippen LogP contribution in [0.1, 0.15) is 20.3 Å². The van der Waals surface area contributed by atoms with Gasteiger partial charge in [0.05, 0.1) is 18.1 Å². The predicted molar refractivity (Wildman–Crippen MR) is 83.0 cm³/mol. The van der Waals surface area contributed by atoms with Gasteiger partial charge in [-0.25, -0.2) is 0 Å². The Bertz CT molecular complexity index is 547. The first-order valence-electron chi connectivity index (χ1n) is 7.74. The molecule has 2 unspecified atom stereocenters. The molecule has 9 heteroatoms. The van der Waals surface area contributed by atoms with Crippen molar-refractivity contribution < 1.29 is 14.5 Å². The van der Waals surface area contributed by atoms with E-state index in [2.05, 4.69) is 29.2 Å². The van der Waals surface area contributed by atoms with Gasteiger partial charge in [0.2, 0.25) is 5.91 Å². The van der Waals surface area contributed by atoms with Gasteiger partial charge in [-0.3, -0.25) is 24.5 Å². The Morgan fingerprint density at radius 3 is 3.09 bits per heavy atom. The predicted octanol–water partition coefficient (Wildman–Crippen LogP) is 0.407. The van der Waals surface area contributed by atoms with Crippen LogP contribution < -0.4 is 5.32 Å². The average Bonchev–Trinajstić information content (AvgIpc) is 3.00. The number of aromatic nitrogens is 2. The van der Waals surface area contributed by atoms with Gasteiger partial charge in [-0.1, -0.05) is 0 Å². The summed E-state index contributed by atoms with van der Waals surface area (Å²) in [6.07, 6.45) is 2.75. The highest BCUT2D eigenvalue weighted by molar-refractivity contribution is 5.75. The number of rotatable bonds is 7. The average molecular weight is 325 g/mol. The van der Waals surface area contributed by atoms with Crippen molar-refractivity contribution in [3.63, 3.8) is 0 Å². The molecular formula is C14H23N5O4. The summed E-state index contributed by atoms with van der Waals surface area (Å²) >= 11 is 0. The van der Waals surface area contributed by atoms with E-state index < -0.39 is 4.92 Å². The second-order valence-corrected chi connectivity index (χ2v) is 5.78. The molecule has 1 fully saturated rings. The zero-order chi connectivity index (χ0) is 16.8. The molecule has 0 aromatic carbocycles. The summed E-state index contributed by atoms with van der Waals surface area (Å²) in [7, 11) is 0. The first kappa shape index (κ1) is 17.4. The van der Waals surface area contributed by atoms with Crippen LogP contribution in [0.25, 0.3) is 0 Å². The molecular weight excluding hydrogens is 302 g/mol. The molecule has 2 heterocycles. The van der Waals surface area contributed by atoms with Crippen molar-refractivity contribution >= 4 is 11.6 Å². The van der Waals surface area contributed by atoms with Gasteiger partial charge >= 0.3 is 5.69 Å². The van der Waals surface area contributed by atoms with E-state index in [1.165, 1.54) is 17.1 Å². The third kappa shape index (κ3) is 5.00. The van der Waals surface area contributed by atoms with Crippen molar-refractivity contribution in [3.8, 4) is 0 Å². The summed E-state index contributed by atoms with van der Waals surface area (Å²) in [6.45, 7) is 7.40. The van der Waals surface area contributed by atoms with Gasteiger partial charge in [-0.15, -0.1) is 0 Å². The topological polar surface area (TPSA) is 103 Å². The van der Waals surface area contributed by atoms with Crippen LogP contribution in [0, 0.1) is 10.1 Å². The van der Waals surface area contributed by atoms with E-state index in [0.29, 0.717) is 19.1 Å². The van der Waals surface area contributed by atoms with E-state index in [0.717, 1.165) is 19.8 Å². The Morgan fingerprint density at radius 1 is 1.65 bits per heavy atom. The zero-order valence-corrected chi connectivity index (χ0v) is 13.5. The fourth-order valence-electron chi connectivity index (χ4n) is 2.65. The van der Waals surface area contributed by atoms with Crippen LogP contribution in [-0.2, 0) is 16.1 Å². The molecule has 1 aliphatic rings. The number of amides is 1. The van der Waals surface area contributed by atoms with Crippen LogP contribution >= 0.6 is 0 Å². The number of nitrogens with zero attached hydrogens (tertiary/aromatic N) is 4. The normalized spacial score (nSPS) is 20.2. The molecule has 1 aromatic heterocycles. The summed E-state index contributed by atoms with van der Waals surface area (Å²) in [4.78, 5) is 24.3. The van der Waals surface area contributed by atoms with Crippen LogP contribution in [0.3, 0.4) is 0 Å². The molecule has 1 amide bonds. The standard InChI is InChI=1S/C14H23N5O4/c1-11(18-5-6-23-10-12(18)2)7-15-14(20)3-4-17-9-13(8-16-17)19(21)22/h8-9,11-12H,3-7,10H2,1-2H3,(H,15,20). The smallest absolute Gasteiger partial charge is 0.306 e. The molecule has 2 atom stereocenters. The van der Waals surface area contributed by atoms with Crippen molar-refractivity contribution in [2.45, 2.75) is 38.9 Å². The lowest BCUT2D eigenvalue weighted by Gasteiger charge is -2.37. The second-order valence-electron chi connectivity index (χ2n) is 5.78. The van der Waals surface area contributed by atoms with Gasteiger partial charge in [0.15, 0.2) is 0 Å². The van der Waals surface area contributed by atoms with Crippen molar-refractivity contribution in [1.29, 1.82) is 0 Å². The molecule has 1 N–H and O–H groups in total. The Balaban J connectivity index is 1.70. The molecule has 0 aliphatic carbocycles. The Labute approximate surface area is 134 Å². The van der Waals surface area contributed by atoms with E-state index in [1.54, 1.807) is 0 Å². The molecule has 1 saturated heterocycles. The molecule has 1 aliphatic heterocycles. The summed E-state index contributed by atoms with van der Waals surface area (Å²) < 4.78 is 6.82. The number of aryl methyl sites for hydroxylation is 1. The SMILES string of the molecule is CC(CNC(=O)CCn1cc([N+](=O)[O-])cn1)N1CCOCC1C. The van der Waals surface area contributed by atoms with Gasteiger partial charge in [-0.2, -0.15) is 5.10 Å². The zero-order valence-electron chi connectivity index (χ0n) is 13.5. The monoisotopic (exact) mass is 325 g/mol. The summed E-state index contributed by atoms with van der Waals surface area (Å²) in [5.41, 5.74) is -0.0691. The quantitative estimate of drug-likeness (QED) is 0.575. The number of hydrogen-bond donors (Lipinski definition) is 1. The van der Waals surface area contributed by atoms with Gasteiger partial charge in [0.25, 0.3) is 0 Å². The molecule has 0 bridgehead atoms. The number of carbonyl (C=O) groups excluding carboxylic acids is 1.